The molecule has 4 rings (SSSR count). The van der Waals surface area contributed by atoms with Gasteiger partial charge in [-0.15, -0.1) is 0 Å². The van der Waals surface area contributed by atoms with E-state index in [1.54, 1.807) is 15.9 Å². The molecule has 1 aliphatic rings. The zero-order valence-corrected chi connectivity index (χ0v) is 20.8. The summed E-state index contributed by atoms with van der Waals surface area (Å²) in [6.07, 6.45) is 4.10. The molecule has 1 aliphatic carbocycles. The molecule has 2 amide bonds. The van der Waals surface area contributed by atoms with Crippen LogP contribution in [-0.2, 0) is 22.7 Å². The molecule has 3 aromatic rings. The molecule has 0 spiro atoms. The molecule has 1 saturated carbocycles. The number of fused-ring (bicyclic) bond motifs is 1. The third-order valence-electron chi connectivity index (χ3n) is 6.47. The first-order valence-corrected chi connectivity index (χ1v) is 12.4. The number of benzene rings is 2. The van der Waals surface area contributed by atoms with Crippen LogP contribution in [0.2, 0.25) is 0 Å². The monoisotopic (exact) mass is 474 g/mol. The normalized spacial score (nSPS) is 13.3. The molecule has 0 aliphatic heterocycles. The number of hydrogen-bond acceptors (Lipinski definition) is 4. The Hall–Kier alpha value is -3.41. The van der Waals surface area contributed by atoms with Crippen LogP contribution in [0.1, 0.15) is 49.8 Å². The van der Waals surface area contributed by atoms with Gasteiger partial charge in [0.2, 0.25) is 11.8 Å². The van der Waals surface area contributed by atoms with Gasteiger partial charge in [0.15, 0.2) is 5.43 Å². The lowest BCUT2D eigenvalue weighted by Gasteiger charge is -2.28. The van der Waals surface area contributed by atoms with Gasteiger partial charge in [-0.3, -0.25) is 14.4 Å². The average Bonchev–Trinajstić information content (AvgIpc) is 3.69. The summed E-state index contributed by atoms with van der Waals surface area (Å²) in [5.41, 5.74) is 2.75. The highest BCUT2D eigenvalue weighted by atomic mass is 16.3. The molecular weight excluding hydrogens is 440 g/mol. The van der Waals surface area contributed by atoms with E-state index in [0.29, 0.717) is 35.5 Å². The van der Waals surface area contributed by atoms with Gasteiger partial charge in [0.25, 0.3) is 0 Å². The zero-order chi connectivity index (χ0) is 24.9. The van der Waals surface area contributed by atoms with E-state index in [9.17, 15) is 14.4 Å². The molecule has 0 N–H and O–H groups in total. The third-order valence-corrected chi connectivity index (χ3v) is 6.47. The van der Waals surface area contributed by atoms with Gasteiger partial charge < -0.3 is 14.2 Å². The van der Waals surface area contributed by atoms with E-state index in [-0.39, 0.29) is 36.3 Å². The lowest BCUT2D eigenvalue weighted by molar-refractivity contribution is -0.142. The van der Waals surface area contributed by atoms with Gasteiger partial charge in [-0.2, -0.15) is 0 Å². The minimum absolute atomic E-state index is 0.0207. The van der Waals surface area contributed by atoms with Crippen molar-refractivity contribution in [3.8, 4) is 0 Å². The summed E-state index contributed by atoms with van der Waals surface area (Å²) in [7, 11) is 0. The van der Waals surface area contributed by atoms with E-state index < -0.39 is 0 Å². The molecule has 1 heterocycles. The maximum atomic E-state index is 13.6. The van der Waals surface area contributed by atoms with Gasteiger partial charge in [0, 0.05) is 19.0 Å². The quantitative estimate of drug-likeness (QED) is 0.418. The molecule has 0 unspecified atom stereocenters. The van der Waals surface area contributed by atoms with Gasteiger partial charge >= 0.3 is 0 Å². The fourth-order valence-electron chi connectivity index (χ4n) is 4.17. The molecule has 2 aromatic carbocycles. The zero-order valence-electron chi connectivity index (χ0n) is 20.8. The number of nitrogens with zero attached hydrogens (tertiary/aromatic N) is 2. The predicted molar refractivity (Wildman–Crippen MR) is 137 cm³/mol. The standard InChI is InChI=1S/C29H34N2O4/c1-20(2)13-14-30(29(34)23-10-11-23)18-27(32)31(16-22-7-5-4-6-8-22)17-24-19-35-26-12-9-21(3)15-25(26)28(24)33/h4-9,12,15,19-20,23H,10-11,13-14,16-18H2,1-3H3. The van der Waals surface area contributed by atoms with Gasteiger partial charge in [0.05, 0.1) is 30.3 Å². The first kappa shape index (κ1) is 24.7. The van der Waals surface area contributed by atoms with Gasteiger partial charge in [-0.05, 0) is 49.8 Å². The second-order valence-corrected chi connectivity index (χ2v) is 10.0. The highest BCUT2D eigenvalue weighted by Crippen LogP contribution is 2.31. The van der Waals surface area contributed by atoms with Crippen LogP contribution in [0.5, 0.6) is 0 Å². The summed E-state index contributed by atoms with van der Waals surface area (Å²) in [5, 5.41) is 0.511. The Bertz CT molecular complexity index is 1240. The van der Waals surface area contributed by atoms with Crippen molar-refractivity contribution < 1.29 is 14.0 Å². The largest absolute Gasteiger partial charge is 0.464 e. The van der Waals surface area contributed by atoms with Crippen LogP contribution in [0.3, 0.4) is 0 Å². The molecule has 1 fully saturated rings. The Morgan fingerprint density at radius 3 is 2.46 bits per heavy atom. The molecule has 6 nitrogen and oxygen atoms in total. The second kappa shape index (κ2) is 10.9. The van der Waals surface area contributed by atoms with E-state index in [2.05, 4.69) is 13.8 Å². The van der Waals surface area contributed by atoms with E-state index >= 15 is 0 Å². The van der Waals surface area contributed by atoms with Crippen molar-refractivity contribution in [1.29, 1.82) is 0 Å². The number of carbonyl (C=O) groups excluding carboxylic acids is 2. The summed E-state index contributed by atoms with van der Waals surface area (Å²) in [6.45, 7) is 7.21. The van der Waals surface area contributed by atoms with E-state index in [4.69, 9.17) is 4.42 Å². The predicted octanol–water partition coefficient (Wildman–Crippen LogP) is 4.91. The van der Waals surface area contributed by atoms with Gasteiger partial charge in [-0.25, -0.2) is 0 Å². The molecule has 35 heavy (non-hydrogen) atoms. The second-order valence-electron chi connectivity index (χ2n) is 10.0. The summed E-state index contributed by atoms with van der Waals surface area (Å²) in [6, 6.07) is 15.2. The number of carbonyl (C=O) groups is 2. The Morgan fingerprint density at radius 2 is 1.77 bits per heavy atom. The molecule has 0 radical (unpaired) electrons. The number of aryl methyl sites for hydroxylation is 1. The maximum Gasteiger partial charge on any atom is 0.242 e. The minimum Gasteiger partial charge on any atom is -0.464 e. The van der Waals surface area contributed by atoms with Crippen LogP contribution in [0, 0.1) is 18.8 Å². The Labute approximate surface area is 206 Å². The summed E-state index contributed by atoms with van der Waals surface area (Å²) < 4.78 is 5.73. The van der Waals surface area contributed by atoms with Crippen LogP contribution in [-0.4, -0.2) is 34.7 Å². The molecule has 0 saturated heterocycles. The van der Waals surface area contributed by atoms with Crippen LogP contribution >= 0.6 is 0 Å². The molecule has 0 bridgehead atoms. The van der Waals surface area contributed by atoms with E-state index in [0.717, 1.165) is 30.4 Å². The summed E-state index contributed by atoms with van der Waals surface area (Å²) >= 11 is 0. The fourth-order valence-corrected chi connectivity index (χ4v) is 4.17. The van der Waals surface area contributed by atoms with Crippen molar-refractivity contribution in [2.75, 3.05) is 13.1 Å². The van der Waals surface area contributed by atoms with E-state index in [1.165, 1.54) is 6.26 Å². The van der Waals surface area contributed by atoms with Crippen molar-refractivity contribution in [2.24, 2.45) is 11.8 Å². The molecule has 0 atom stereocenters. The Kier molecular flexibility index (Phi) is 7.69. The smallest absolute Gasteiger partial charge is 0.242 e. The number of amides is 2. The molecular formula is C29H34N2O4. The van der Waals surface area contributed by atoms with Crippen molar-refractivity contribution in [2.45, 2.75) is 53.1 Å². The Morgan fingerprint density at radius 1 is 1.03 bits per heavy atom. The molecule has 184 valence electrons. The van der Waals surface area contributed by atoms with Crippen molar-refractivity contribution >= 4 is 22.8 Å². The lowest BCUT2D eigenvalue weighted by atomic mass is 10.1. The lowest BCUT2D eigenvalue weighted by Crippen LogP contribution is -2.44. The van der Waals surface area contributed by atoms with Gasteiger partial charge in [-0.1, -0.05) is 55.8 Å². The molecule has 1 aromatic heterocycles. The third kappa shape index (κ3) is 6.38. The summed E-state index contributed by atoms with van der Waals surface area (Å²) in [4.78, 5) is 43.1. The van der Waals surface area contributed by atoms with Crippen molar-refractivity contribution in [3.05, 3.63) is 81.7 Å². The van der Waals surface area contributed by atoms with Crippen LogP contribution < -0.4 is 5.43 Å². The topological polar surface area (TPSA) is 70.8 Å². The maximum absolute atomic E-state index is 13.6. The van der Waals surface area contributed by atoms with Crippen LogP contribution in [0.25, 0.3) is 11.0 Å². The highest BCUT2D eigenvalue weighted by molar-refractivity contribution is 5.87. The van der Waals surface area contributed by atoms with Crippen molar-refractivity contribution in [1.82, 2.24) is 9.80 Å². The Balaban J connectivity index is 1.60. The average molecular weight is 475 g/mol. The van der Waals surface area contributed by atoms with E-state index in [1.807, 2.05) is 49.4 Å². The highest BCUT2D eigenvalue weighted by Gasteiger charge is 2.34. The van der Waals surface area contributed by atoms with Crippen LogP contribution in [0.15, 0.2) is 64.0 Å². The minimum atomic E-state index is -0.171. The fraction of sp³-hybridized carbons (Fsp3) is 0.414. The number of hydrogen-bond donors (Lipinski definition) is 0. The first-order valence-electron chi connectivity index (χ1n) is 12.4. The van der Waals surface area contributed by atoms with Gasteiger partial charge in [0.1, 0.15) is 5.58 Å². The van der Waals surface area contributed by atoms with Crippen LogP contribution in [0.4, 0.5) is 0 Å². The molecule has 6 heteroatoms. The van der Waals surface area contributed by atoms with Crippen molar-refractivity contribution in [3.63, 3.8) is 0 Å². The first-order chi connectivity index (χ1) is 16.8. The SMILES string of the molecule is Cc1ccc2occ(CN(Cc3ccccc3)C(=O)CN(CCC(C)C)C(=O)C3CC3)c(=O)c2c1. The number of rotatable bonds is 10. The summed E-state index contributed by atoms with van der Waals surface area (Å²) in [5.74, 6) is 0.383.